The molecule has 12 heteroatoms. The fourth-order valence-electron chi connectivity index (χ4n) is 5.06. The molecule has 0 saturated carbocycles. The van der Waals surface area contributed by atoms with Crippen LogP contribution in [0, 0.1) is 5.41 Å². The summed E-state index contributed by atoms with van der Waals surface area (Å²) >= 11 is 0. The van der Waals surface area contributed by atoms with Crippen molar-refractivity contribution in [3.8, 4) is 5.88 Å². The smallest absolute Gasteiger partial charge is 0.242 e. The van der Waals surface area contributed by atoms with Crippen LogP contribution in [0.2, 0.25) is 0 Å². The average molecular weight is 486 g/mol. The largest absolute Gasteiger partial charge is 0.497 e. The molecule has 4 heterocycles. The van der Waals surface area contributed by atoms with Gasteiger partial charge in [-0.3, -0.25) is 0 Å². The van der Waals surface area contributed by atoms with Crippen molar-refractivity contribution in [2.75, 3.05) is 26.1 Å². The van der Waals surface area contributed by atoms with Crippen LogP contribution in [0.4, 0.5) is 5.82 Å². The van der Waals surface area contributed by atoms with Crippen LogP contribution in [0.25, 0.3) is 11.0 Å². The molecule has 2 aromatic heterocycles. The van der Waals surface area contributed by atoms with E-state index in [0.29, 0.717) is 41.3 Å². The summed E-state index contributed by atoms with van der Waals surface area (Å²) in [6.45, 7) is 4.11. The average Bonchev–Trinajstić information content (AvgIpc) is 2.91. The Morgan fingerprint density at radius 1 is 1.29 bits per heavy atom. The molecule has 1 saturated heterocycles. The van der Waals surface area contributed by atoms with Gasteiger partial charge in [-0.25, -0.2) is 32.7 Å². The molecule has 3 aliphatic rings. The zero-order chi connectivity index (χ0) is 24.3. The molecule has 1 fully saturated rings. The Bertz CT molecular complexity index is 1370. The first-order valence-corrected chi connectivity index (χ1v) is 12.4. The predicted octanol–water partition coefficient (Wildman–Crippen LogP) is 1.76. The molecule has 11 nitrogen and oxygen atoms in total. The number of nitrogens with two attached hydrogens (primary N) is 1. The molecule has 180 valence electrons. The molecular formula is C22H27N7O4S. The van der Waals surface area contributed by atoms with Crippen molar-refractivity contribution >= 4 is 32.8 Å². The van der Waals surface area contributed by atoms with Crippen LogP contribution in [-0.4, -0.2) is 65.2 Å². The summed E-state index contributed by atoms with van der Waals surface area (Å²) in [7, 11) is -0.730. The zero-order valence-corrected chi connectivity index (χ0v) is 20.3. The highest BCUT2D eigenvalue weighted by atomic mass is 32.2. The van der Waals surface area contributed by atoms with Gasteiger partial charge in [0, 0.05) is 31.8 Å². The normalized spacial score (nSPS) is 30.1. The number of ether oxygens (including phenoxy) is 2. The number of methoxy groups -OCH3 is 1. The van der Waals surface area contributed by atoms with Crippen LogP contribution < -0.4 is 15.8 Å². The summed E-state index contributed by atoms with van der Waals surface area (Å²) in [5.41, 5.74) is 6.33. The minimum atomic E-state index is -3.71. The lowest BCUT2D eigenvalue weighted by molar-refractivity contribution is 0.111. The highest BCUT2D eigenvalue weighted by molar-refractivity contribution is 7.90. The SMILES string of the molecule is COc1cnc2c(NC3=CC=C4OCC[C@H]5[C@](C)(N=C(N)N(C)S5(=O)=O)C4(C)C3)nccc2n1. The highest BCUT2D eigenvalue weighted by Crippen LogP contribution is 2.54. The second kappa shape index (κ2) is 7.55. The Hall–Kier alpha value is -3.41. The van der Waals surface area contributed by atoms with Gasteiger partial charge in [0.2, 0.25) is 21.9 Å². The van der Waals surface area contributed by atoms with Gasteiger partial charge in [-0.15, -0.1) is 0 Å². The summed E-state index contributed by atoms with van der Waals surface area (Å²) in [5, 5.41) is 2.58. The van der Waals surface area contributed by atoms with E-state index in [4.69, 9.17) is 20.2 Å². The number of pyridine rings is 1. The fourth-order valence-corrected chi connectivity index (χ4v) is 7.03. The molecule has 3 atom stereocenters. The van der Waals surface area contributed by atoms with E-state index >= 15 is 0 Å². The molecule has 1 unspecified atom stereocenters. The van der Waals surface area contributed by atoms with Crippen molar-refractivity contribution in [3.63, 3.8) is 0 Å². The molecule has 0 radical (unpaired) electrons. The molecule has 0 spiro atoms. The predicted molar refractivity (Wildman–Crippen MR) is 127 cm³/mol. The monoisotopic (exact) mass is 485 g/mol. The van der Waals surface area contributed by atoms with Crippen LogP contribution >= 0.6 is 0 Å². The standard InChI is InChI=1S/C22H27N7O4S/c1-21-11-13(26-19-18-14(7-9-24-19)27-17(32-4)12-25-18)5-6-15(21)33-10-8-16-22(21,2)28-20(23)29(3)34(16,30)31/h5-7,9,12,16H,8,10-11H2,1-4H3,(H2,23,28)(H,24,26)/t16-,21?,22-/m0/s1. The quantitative estimate of drug-likeness (QED) is 0.664. The van der Waals surface area contributed by atoms with E-state index < -0.39 is 26.2 Å². The van der Waals surface area contributed by atoms with Crippen molar-refractivity contribution in [2.45, 2.75) is 37.5 Å². The first-order chi connectivity index (χ1) is 16.1. The van der Waals surface area contributed by atoms with E-state index in [1.54, 1.807) is 12.3 Å². The number of fused-ring (bicyclic) bond motifs is 4. The van der Waals surface area contributed by atoms with Crippen LogP contribution in [0.3, 0.4) is 0 Å². The number of hydrogen-bond donors (Lipinski definition) is 2. The van der Waals surface area contributed by atoms with E-state index in [0.717, 1.165) is 10.0 Å². The van der Waals surface area contributed by atoms with E-state index in [1.807, 2.05) is 26.0 Å². The summed E-state index contributed by atoms with van der Waals surface area (Å²) in [6, 6.07) is 1.76. The molecule has 0 bridgehead atoms. The Kier molecular flexibility index (Phi) is 4.97. The van der Waals surface area contributed by atoms with E-state index in [-0.39, 0.29) is 12.6 Å². The van der Waals surface area contributed by atoms with Crippen molar-refractivity contribution in [1.82, 2.24) is 19.3 Å². The van der Waals surface area contributed by atoms with Gasteiger partial charge in [-0.2, -0.15) is 0 Å². The molecule has 1 aliphatic carbocycles. The summed E-state index contributed by atoms with van der Waals surface area (Å²) in [6.07, 6.45) is 7.72. The molecule has 2 aromatic rings. The van der Waals surface area contributed by atoms with Crippen LogP contribution in [0.5, 0.6) is 5.88 Å². The lowest BCUT2D eigenvalue weighted by Crippen LogP contribution is -2.63. The minimum absolute atomic E-state index is 0.0229. The summed E-state index contributed by atoms with van der Waals surface area (Å²) in [4.78, 5) is 18.1. The van der Waals surface area contributed by atoms with Crippen molar-refractivity contribution in [1.29, 1.82) is 0 Å². The highest BCUT2D eigenvalue weighted by Gasteiger charge is 2.62. The molecule has 5 rings (SSSR count). The third-order valence-corrected chi connectivity index (χ3v) is 9.61. The molecule has 0 amide bonds. The van der Waals surface area contributed by atoms with E-state index in [2.05, 4.69) is 20.3 Å². The van der Waals surface area contributed by atoms with Gasteiger partial charge in [-0.1, -0.05) is 0 Å². The summed E-state index contributed by atoms with van der Waals surface area (Å²) in [5.74, 6) is 1.62. The third kappa shape index (κ3) is 3.11. The Labute approximate surface area is 197 Å². The first kappa shape index (κ1) is 22.4. The number of allylic oxidation sites excluding steroid dienone is 3. The number of aliphatic imine (C=N–C) groups is 1. The number of nitrogens with zero attached hydrogens (tertiary/aromatic N) is 5. The third-order valence-electron chi connectivity index (χ3n) is 7.24. The van der Waals surface area contributed by atoms with E-state index in [1.165, 1.54) is 20.4 Å². The van der Waals surface area contributed by atoms with Gasteiger partial charge >= 0.3 is 0 Å². The number of aromatic nitrogens is 3. The lowest BCUT2D eigenvalue weighted by atomic mass is 9.64. The van der Waals surface area contributed by atoms with Gasteiger partial charge < -0.3 is 20.5 Å². The fraction of sp³-hybridized carbons (Fsp3) is 0.455. The summed E-state index contributed by atoms with van der Waals surface area (Å²) < 4.78 is 39.0. The van der Waals surface area contributed by atoms with E-state index in [9.17, 15) is 8.42 Å². The maximum absolute atomic E-state index is 13.3. The minimum Gasteiger partial charge on any atom is -0.497 e. The van der Waals surface area contributed by atoms with Gasteiger partial charge in [0.25, 0.3) is 0 Å². The number of hydrogen-bond acceptors (Lipinski definition) is 10. The van der Waals surface area contributed by atoms with Crippen LogP contribution in [0.15, 0.2) is 47.1 Å². The lowest BCUT2D eigenvalue weighted by Gasteiger charge is -2.50. The van der Waals surface area contributed by atoms with Crippen LogP contribution in [0.1, 0.15) is 26.7 Å². The van der Waals surface area contributed by atoms with Crippen LogP contribution in [-0.2, 0) is 14.8 Å². The Morgan fingerprint density at radius 3 is 2.85 bits per heavy atom. The molecule has 0 aromatic carbocycles. The van der Waals surface area contributed by atoms with Crippen molar-refractivity contribution < 1.29 is 17.9 Å². The van der Waals surface area contributed by atoms with Crippen molar-refractivity contribution in [2.24, 2.45) is 16.1 Å². The second-order valence-corrected chi connectivity index (χ2v) is 11.2. The number of anilines is 1. The van der Waals surface area contributed by atoms with Gasteiger partial charge in [0.15, 0.2) is 5.82 Å². The molecular weight excluding hydrogens is 458 g/mol. The zero-order valence-electron chi connectivity index (χ0n) is 19.4. The number of sulfonamides is 1. The molecule has 34 heavy (non-hydrogen) atoms. The maximum Gasteiger partial charge on any atom is 0.242 e. The molecule has 2 aliphatic heterocycles. The van der Waals surface area contributed by atoms with Gasteiger partial charge in [0.1, 0.15) is 16.5 Å². The van der Waals surface area contributed by atoms with Gasteiger partial charge in [-0.05, 0) is 32.1 Å². The second-order valence-electron chi connectivity index (χ2n) is 9.05. The topological polar surface area (TPSA) is 145 Å². The maximum atomic E-state index is 13.3. The van der Waals surface area contributed by atoms with Gasteiger partial charge in [0.05, 0.1) is 36.4 Å². The first-order valence-electron chi connectivity index (χ1n) is 10.9. The molecule has 3 N–H and O–H groups in total. The number of rotatable bonds is 3. The Balaban J connectivity index is 1.55. The number of guanidine groups is 1. The number of nitrogens with one attached hydrogen (secondary N) is 1. The van der Waals surface area contributed by atoms with Crippen molar-refractivity contribution in [3.05, 3.63) is 42.1 Å². The Morgan fingerprint density at radius 2 is 2.09 bits per heavy atom.